The number of aromatic nitrogens is 1. The van der Waals surface area contributed by atoms with Crippen LogP contribution < -0.4 is 5.43 Å². The largest absolute Gasteiger partial charge is 0.289 e. The van der Waals surface area contributed by atoms with Crippen LogP contribution in [-0.4, -0.2) is 17.1 Å². The van der Waals surface area contributed by atoms with Gasteiger partial charge in [0, 0.05) is 5.39 Å². The predicted octanol–water partition coefficient (Wildman–Crippen LogP) is 4.12. The molecule has 0 spiro atoms. The third-order valence-corrected chi connectivity index (χ3v) is 3.81. The topological polar surface area (TPSA) is 54.4 Å². The summed E-state index contributed by atoms with van der Waals surface area (Å²) in [5.41, 5.74) is 5.87. The maximum Gasteiger partial charge on any atom is 0.289 e. The second-order valence-electron chi connectivity index (χ2n) is 5.91. The fourth-order valence-corrected chi connectivity index (χ4v) is 2.38. The van der Waals surface area contributed by atoms with Crippen LogP contribution in [0.15, 0.2) is 65.8 Å². The molecular formula is C20H19N3O. The fourth-order valence-electron chi connectivity index (χ4n) is 2.38. The minimum atomic E-state index is -0.323. The Hall–Kier alpha value is -3.01. The summed E-state index contributed by atoms with van der Waals surface area (Å²) < 4.78 is 0. The Balaban J connectivity index is 1.67. The van der Waals surface area contributed by atoms with Gasteiger partial charge in [-0.2, -0.15) is 5.10 Å². The van der Waals surface area contributed by atoms with Gasteiger partial charge in [-0.05, 0) is 29.2 Å². The number of amides is 1. The second kappa shape index (κ2) is 7.04. The van der Waals surface area contributed by atoms with E-state index in [0.29, 0.717) is 11.6 Å². The highest BCUT2D eigenvalue weighted by Crippen LogP contribution is 2.14. The first-order valence-corrected chi connectivity index (χ1v) is 7.92. The summed E-state index contributed by atoms with van der Waals surface area (Å²) in [6.45, 7) is 4.31. The molecule has 0 saturated heterocycles. The lowest BCUT2D eigenvalue weighted by Gasteiger charge is -2.04. The zero-order chi connectivity index (χ0) is 16.9. The van der Waals surface area contributed by atoms with Crippen molar-refractivity contribution in [3.8, 4) is 0 Å². The molecule has 0 unspecified atom stereocenters. The van der Waals surface area contributed by atoms with Crippen molar-refractivity contribution in [3.05, 3.63) is 77.5 Å². The minimum absolute atomic E-state index is 0.323. The normalized spacial score (nSPS) is 11.3. The number of nitrogens with zero attached hydrogens (tertiary/aromatic N) is 2. The van der Waals surface area contributed by atoms with Crippen molar-refractivity contribution >= 4 is 23.0 Å². The molecule has 0 atom stereocenters. The summed E-state index contributed by atoms with van der Waals surface area (Å²) in [6, 6.07) is 19.4. The van der Waals surface area contributed by atoms with Gasteiger partial charge in [0.2, 0.25) is 0 Å². The number of para-hydroxylation sites is 1. The van der Waals surface area contributed by atoms with E-state index in [2.05, 4.69) is 41.5 Å². The van der Waals surface area contributed by atoms with Crippen molar-refractivity contribution in [2.24, 2.45) is 5.10 Å². The monoisotopic (exact) mass is 317 g/mol. The fraction of sp³-hybridized carbons (Fsp3) is 0.150. The molecule has 1 heterocycles. The molecule has 4 nitrogen and oxygen atoms in total. The summed E-state index contributed by atoms with van der Waals surface area (Å²) >= 11 is 0. The Morgan fingerprint density at radius 1 is 1.04 bits per heavy atom. The molecule has 1 amide bonds. The molecule has 1 N–H and O–H groups in total. The van der Waals surface area contributed by atoms with Crippen LogP contribution in [0.1, 0.15) is 41.4 Å². The molecular weight excluding hydrogens is 298 g/mol. The average Bonchev–Trinajstić information content (AvgIpc) is 2.61. The Morgan fingerprint density at radius 3 is 2.54 bits per heavy atom. The number of hydrogen-bond donors (Lipinski definition) is 1. The highest BCUT2D eigenvalue weighted by molar-refractivity contribution is 5.95. The molecule has 0 bridgehead atoms. The quantitative estimate of drug-likeness (QED) is 0.581. The number of carbonyl (C=O) groups excluding carboxylic acids is 1. The van der Waals surface area contributed by atoms with Gasteiger partial charge >= 0.3 is 0 Å². The van der Waals surface area contributed by atoms with E-state index in [-0.39, 0.29) is 5.91 Å². The van der Waals surface area contributed by atoms with Crippen LogP contribution in [0.3, 0.4) is 0 Å². The molecule has 1 aromatic heterocycles. The van der Waals surface area contributed by atoms with E-state index in [9.17, 15) is 4.79 Å². The van der Waals surface area contributed by atoms with Crippen LogP contribution in [0.4, 0.5) is 0 Å². The zero-order valence-electron chi connectivity index (χ0n) is 13.7. The molecule has 120 valence electrons. The van der Waals surface area contributed by atoms with E-state index >= 15 is 0 Å². The number of benzene rings is 2. The molecule has 0 saturated carbocycles. The van der Waals surface area contributed by atoms with Gasteiger partial charge in [0.15, 0.2) is 0 Å². The molecule has 0 radical (unpaired) electrons. The predicted molar refractivity (Wildman–Crippen MR) is 97.3 cm³/mol. The first kappa shape index (κ1) is 15.9. The highest BCUT2D eigenvalue weighted by atomic mass is 16.2. The molecule has 4 heteroatoms. The van der Waals surface area contributed by atoms with Crippen molar-refractivity contribution < 1.29 is 4.79 Å². The van der Waals surface area contributed by atoms with Crippen molar-refractivity contribution in [1.82, 2.24) is 10.4 Å². The Morgan fingerprint density at radius 2 is 1.79 bits per heavy atom. The van der Waals surface area contributed by atoms with Crippen molar-refractivity contribution in [1.29, 1.82) is 0 Å². The van der Waals surface area contributed by atoms with Crippen LogP contribution in [0.2, 0.25) is 0 Å². The highest BCUT2D eigenvalue weighted by Gasteiger charge is 2.06. The SMILES string of the molecule is CC(C)c1ccc(/C=N/NC(=O)c2ccc3ccccc3n2)cc1. The van der Waals surface area contributed by atoms with Crippen LogP contribution in [0.5, 0.6) is 0 Å². The lowest BCUT2D eigenvalue weighted by atomic mass is 10.0. The van der Waals surface area contributed by atoms with Gasteiger partial charge in [-0.3, -0.25) is 4.79 Å². The Kier molecular flexibility index (Phi) is 4.66. The molecule has 0 aliphatic rings. The maximum atomic E-state index is 12.1. The number of carbonyl (C=O) groups is 1. The summed E-state index contributed by atoms with van der Waals surface area (Å²) in [4.78, 5) is 16.5. The molecule has 0 aliphatic carbocycles. The summed E-state index contributed by atoms with van der Waals surface area (Å²) in [6.07, 6.45) is 1.63. The third kappa shape index (κ3) is 3.66. The Bertz CT molecular complexity index is 883. The van der Waals surface area contributed by atoms with E-state index < -0.39 is 0 Å². The molecule has 2 aromatic carbocycles. The molecule has 0 fully saturated rings. The van der Waals surface area contributed by atoms with Crippen LogP contribution in [0, 0.1) is 0 Å². The number of pyridine rings is 1. The third-order valence-electron chi connectivity index (χ3n) is 3.81. The number of nitrogens with one attached hydrogen (secondary N) is 1. The van der Waals surface area contributed by atoms with Gasteiger partial charge in [0.05, 0.1) is 11.7 Å². The first-order chi connectivity index (χ1) is 11.6. The van der Waals surface area contributed by atoms with Crippen LogP contribution in [0.25, 0.3) is 10.9 Å². The summed E-state index contributed by atoms with van der Waals surface area (Å²) in [5.74, 6) is 0.172. The van der Waals surface area contributed by atoms with Crippen molar-refractivity contribution in [2.75, 3.05) is 0 Å². The standard InChI is InChI=1S/C20H19N3O/c1-14(2)16-9-7-15(8-10-16)13-21-23-20(24)19-12-11-17-5-3-4-6-18(17)22-19/h3-14H,1-2H3,(H,23,24)/b21-13+. The molecule has 0 aliphatic heterocycles. The number of hydrazone groups is 1. The second-order valence-corrected chi connectivity index (χ2v) is 5.91. The van der Waals surface area contributed by atoms with Gasteiger partial charge in [-0.15, -0.1) is 0 Å². The number of rotatable bonds is 4. The number of fused-ring (bicyclic) bond motifs is 1. The van der Waals surface area contributed by atoms with Crippen LogP contribution >= 0.6 is 0 Å². The smallest absolute Gasteiger partial charge is 0.266 e. The van der Waals surface area contributed by atoms with Gasteiger partial charge in [0.1, 0.15) is 5.69 Å². The van der Waals surface area contributed by atoms with E-state index in [1.165, 1.54) is 5.56 Å². The summed E-state index contributed by atoms with van der Waals surface area (Å²) in [7, 11) is 0. The Labute approximate surface area is 141 Å². The molecule has 24 heavy (non-hydrogen) atoms. The minimum Gasteiger partial charge on any atom is -0.266 e. The van der Waals surface area contributed by atoms with E-state index in [0.717, 1.165) is 16.5 Å². The number of hydrogen-bond acceptors (Lipinski definition) is 3. The van der Waals surface area contributed by atoms with Gasteiger partial charge in [0.25, 0.3) is 5.91 Å². The van der Waals surface area contributed by atoms with E-state index in [1.807, 2.05) is 42.5 Å². The molecule has 3 aromatic rings. The van der Waals surface area contributed by atoms with E-state index in [4.69, 9.17) is 0 Å². The average molecular weight is 317 g/mol. The first-order valence-electron chi connectivity index (χ1n) is 7.92. The van der Waals surface area contributed by atoms with Gasteiger partial charge in [-0.25, -0.2) is 10.4 Å². The zero-order valence-corrected chi connectivity index (χ0v) is 13.7. The molecule has 3 rings (SSSR count). The van der Waals surface area contributed by atoms with Gasteiger partial charge < -0.3 is 0 Å². The lowest BCUT2D eigenvalue weighted by molar-refractivity contribution is 0.0950. The van der Waals surface area contributed by atoms with E-state index in [1.54, 1.807) is 12.3 Å². The van der Waals surface area contributed by atoms with Crippen molar-refractivity contribution in [2.45, 2.75) is 19.8 Å². The van der Waals surface area contributed by atoms with Crippen molar-refractivity contribution in [3.63, 3.8) is 0 Å². The maximum absolute atomic E-state index is 12.1. The lowest BCUT2D eigenvalue weighted by Crippen LogP contribution is -2.18. The van der Waals surface area contributed by atoms with Crippen LogP contribution in [-0.2, 0) is 0 Å². The van der Waals surface area contributed by atoms with Gasteiger partial charge in [-0.1, -0.05) is 62.4 Å². The summed E-state index contributed by atoms with van der Waals surface area (Å²) in [5, 5.41) is 5.01.